The van der Waals surface area contributed by atoms with Crippen LogP contribution in [-0.2, 0) is 9.53 Å². The first-order valence-corrected chi connectivity index (χ1v) is 7.19. The number of morpholine rings is 1. The minimum Gasteiger partial charge on any atom is -0.379 e. The maximum Gasteiger partial charge on any atom is 0.254 e. The van der Waals surface area contributed by atoms with Crippen LogP contribution in [0, 0.1) is 3.57 Å². The summed E-state index contributed by atoms with van der Waals surface area (Å²) in [5, 5.41) is 3.95. The molecule has 1 saturated heterocycles. The number of halogens is 1. The van der Waals surface area contributed by atoms with Crippen molar-refractivity contribution >= 4 is 34.7 Å². The fourth-order valence-electron chi connectivity index (χ4n) is 1.73. The average Bonchev–Trinajstić information content (AvgIpc) is 2.42. The topological polar surface area (TPSA) is 53.9 Å². The summed E-state index contributed by atoms with van der Waals surface area (Å²) < 4.78 is 6.40. The van der Waals surface area contributed by atoms with Gasteiger partial charge in [0.15, 0.2) is 0 Å². The molecule has 2 rings (SSSR count). The number of nitrogens with zero attached hydrogens (tertiary/aromatic N) is 2. The predicted molar refractivity (Wildman–Crippen MR) is 82.2 cm³/mol. The van der Waals surface area contributed by atoms with Crippen molar-refractivity contribution in [2.75, 3.05) is 32.8 Å². The van der Waals surface area contributed by atoms with Gasteiger partial charge in [0, 0.05) is 16.7 Å². The molecule has 0 radical (unpaired) electrons. The summed E-state index contributed by atoms with van der Waals surface area (Å²) in [6.07, 6.45) is 1.65. The van der Waals surface area contributed by atoms with E-state index in [1.807, 2.05) is 24.3 Å². The van der Waals surface area contributed by atoms with E-state index in [2.05, 4.69) is 38.0 Å². The molecule has 1 N–H and O–H groups in total. The summed E-state index contributed by atoms with van der Waals surface area (Å²) in [7, 11) is 0. The fraction of sp³-hybridized carbons (Fsp3) is 0.385. The van der Waals surface area contributed by atoms with Gasteiger partial charge in [0.2, 0.25) is 0 Å². The summed E-state index contributed by atoms with van der Waals surface area (Å²) in [6.45, 7) is 3.36. The molecule has 1 fully saturated rings. The number of carbonyl (C=O) groups excluding carboxylic acids is 1. The standard InChI is InChI=1S/C13H16IN3O2/c14-12-3-1-11(2-4-12)9-15-16-13(18)10-17-5-7-19-8-6-17/h1-4,9H,5-8,10H2,(H,16,18)/b15-9+. The second kappa shape index (κ2) is 7.56. The quantitative estimate of drug-likeness (QED) is 0.488. The van der Waals surface area contributed by atoms with Gasteiger partial charge in [0.25, 0.3) is 5.91 Å². The lowest BCUT2D eigenvalue weighted by molar-refractivity contribution is -0.123. The van der Waals surface area contributed by atoms with Gasteiger partial charge in [-0.1, -0.05) is 12.1 Å². The van der Waals surface area contributed by atoms with Crippen molar-refractivity contribution in [3.8, 4) is 0 Å². The zero-order chi connectivity index (χ0) is 13.5. The molecule has 0 bridgehead atoms. The Labute approximate surface area is 126 Å². The van der Waals surface area contributed by atoms with Crippen LogP contribution in [-0.4, -0.2) is 49.9 Å². The summed E-state index contributed by atoms with van der Waals surface area (Å²) in [5.74, 6) is -0.0938. The molecule has 6 heteroatoms. The molecule has 1 aliphatic heterocycles. The van der Waals surface area contributed by atoms with E-state index in [-0.39, 0.29) is 5.91 Å². The van der Waals surface area contributed by atoms with Crippen LogP contribution in [0.1, 0.15) is 5.56 Å². The SMILES string of the molecule is O=C(CN1CCOCC1)N/N=C/c1ccc(I)cc1. The van der Waals surface area contributed by atoms with Crippen LogP contribution < -0.4 is 5.43 Å². The number of ether oxygens (including phenoxy) is 1. The van der Waals surface area contributed by atoms with E-state index in [9.17, 15) is 4.79 Å². The molecule has 102 valence electrons. The van der Waals surface area contributed by atoms with Gasteiger partial charge in [0.05, 0.1) is 26.0 Å². The number of benzene rings is 1. The van der Waals surface area contributed by atoms with Crippen molar-refractivity contribution in [3.05, 3.63) is 33.4 Å². The number of amides is 1. The van der Waals surface area contributed by atoms with E-state index in [0.29, 0.717) is 19.8 Å². The van der Waals surface area contributed by atoms with Crippen molar-refractivity contribution in [3.63, 3.8) is 0 Å². The molecule has 0 atom stereocenters. The molecule has 1 aromatic carbocycles. The van der Waals surface area contributed by atoms with Crippen LogP contribution in [0.4, 0.5) is 0 Å². The lowest BCUT2D eigenvalue weighted by atomic mass is 10.2. The maximum absolute atomic E-state index is 11.6. The van der Waals surface area contributed by atoms with Gasteiger partial charge in [-0.25, -0.2) is 5.43 Å². The molecular weight excluding hydrogens is 357 g/mol. The lowest BCUT2D eigenvalue weighted by Gasteiger charge is -2.25. The molecule has 1 amide bonds. The Morgan fingerprint density at radius 3 is 2.74 bits per heavy atom. The van der Waals surface area contributed by atoms with Gasteiger partial charge in [-0.2, -0.15) is 5.10 Å². The van der Waals surface area contributed by atoms with Gasteiger partial charge in [-0.3, -0.25) is 9.69 Å². The van der Waals surface area contributed by atoms with Crippen LogP contribution in [0.5, 0.6) is 0 Å². The van der Waals surface area contributed by atoms with Crippen molar-refractivity contribution in [1.29, 1.82) is 0 Å². The molecule has 1 heterocycles. The van der Waals surface area contributed by atoms with Gasteiger partial charge >= 0.3 is 0 Å². The van der Waals surface area contributed by atoms with Crippen LogP contribution in [0.3, 0.4) is 0 Å². The second-order valence-corrected chi connectivity index (χ2v) is 5.48. The second-order valence-electron chi connectivity index (χ2n) is 4.23. The summed E-state index contributed by atoms with van der Waals surface area (Å²) in [5.41, 5.74) is 3.50. The molecule has 1 aromatic rings. The third-order valence-electron chi connectivity index (χ3n) is 2.74. The third kappa shape index (κ3) is 5.25. The normalized spacial score (nSPS) is 16.7. The van der Waals surface area contributed by atoms with Crippen LogP contribution in [0.25, 0.3) is 0 Å². The van der Waals surface area contributed by atoms with E-state index in [1.165, 1.54) is 3.57 Å². The van der Waals surface area contributed by atoms with Gasteiger partial charge in [-0.05, 0) is 40.3 Å². The number of hydrazone groups is 1. The van der Waals surface area contributed by atoms with E-state index in [1.54, 1.807) is 6.21 Å². The smallest absolute Gasteiger partial charge is 0.254 e. The molecule has 19 heavy (non-hydrogen) atoms. The van der Waals surface area contributed by atoms with E-state index >= 15 is 0 Å². The highest BCUT2D eigenvalue weighted by atomic mass is 127. The van der Waals surface area contributed by atoms with E-state index in [4.69, 9.17) is 4.74 Å². The largest absolute Gasteiger partial charge is 0.379 e. The monoisotopic (exact) mass is 373 g/mol. The van der Waals surface area contributed by atoms with Gasteiger partial charge in [0.1, 0.15) is 0 Å². The summed E-state index contributed by atoms with van der Waals surface area (Å²) >= 11 is 2.25. The van der Waals surface area contributed by atoms with Crippen LogP contribution in [0.2, 0.25) is 0 Å². The third-order valence-corrected chi connectivity index (χ3v) is 3.46. The van der Waals surface area contributed by atoms with Crippen LogP contribution in [0.15, 0.2) is 29.4 Å². The molecule has 5 nitrogen and oxygen atoms in total. The minimum atomic E-state index is -0.0938. The maximum atomic E-state index is 11.6. The number of rotatable bonds is 4. The molecule has 0 aromatic heterocycles. The Kier molecular flexibility index (Phi) is 5.74. The number of carbonyl (C=O) groups is 1. The van der Waals surface area contributed by atoms with Crippen LogP contribution >= 0.6 is 22.6 Å². The van der Waals surface area contributed by atoms with E-state index in [0.717, 1.165) is 18.7 Å². The predicted octanol–water partition coefficient (Wildman–Crippen LogP) is 1.07. The Bertz CT molecular complexity index is 442. The minimum absolute atomic E-state index is 0.0938. The highest BCUT2D eigenvalue weighted by molar-refractivity contribution is 14.1. The first-order valence-electron chi connectivity index (χ1n) is 6.11. The molecular formula is C13H16IN3O2. The van der Waals surface area contributed by atoms with Crippen molar-refractivity contribution in [1.82, 2.24) is 10.3 Å². The highest BCUT2D eigenvalue weighted by Crippen LogP contribution is 2.04. The Hall–Kier alpha value is -0.990. The van der Waals surface area contributed by atoms with Crippen molar-refractivity contribution in [2.45, 2.75) is 0 Å². The molecule has 1 aliphatic rings. The summed E-state index contributed by atoms with van der Waals surface area (Å²) in [6, 6.07) is 7.91. The fourth-order valence-corrected chi connectivity index (χ4v) is 2.08. The van der Waals surface area contributed by atoms with Crippen molar-refractivity contribution in [2.24, 2.45) is 5.10 Å². The average molecular weight is 373 g/mol. The zero-order valence-electron chi connectivity index (χ0n) is 10.5. The Morgan fingerprint density at radius 2 is 2.05 bits per heavy atom. The first-order chi connectivity index (χ1) is 9.24. The van der Waals surface area contributed by atoms with Gasteiger partial charge < -0.3 is 4.74 Å². The zero-order valence-corrected chi connectivity index (χ0v) is 12.7. The molecule has 0 saturated carbocycles. The molecule has 0 spiro atoms. The van der Waals surface area contributed by atoms with E-state index < -0.39 is 0 Å². The van der Waals surface area contributed by atoms with Crippen molar-refractivity contribution < 1.29 is 9.53 Å². The number of hydrogen-bond donors (Lipinski definition) is 1. The molecule has 0 aliphatic carbocycles. The number of nitrogens with one attached hydrogen (secondary N) is 1. The lowest BCUT2D eigenvalue weighted by Crippen LogP contribution is -2.42. The Morgan fingerprint density at radius 1 is 1.37 bits per heavy atom. The van der Waals surface area contributed by atoms with Gasteiger partial charge in [-0.15, -0.1) is 0 Å². The first kappa shape index (κ1) is 14.4. The number of hydrogen-bond acceptors (Lipinski definition) is 4. The highest BCUT2D eigenvalue weighted by Gasteiger charge is 2.13. The summed E-state index contributed by atoms with van der Waals surface area (Å²) in [4.78, 5) is 13.7. The Balaban J connectivity index is 1.74. The molecule has 0 unspecified atom stereocenters.